The minimum atomic E-state index is -0.185. The fraction of sp³-hybridized carbons (Fsp3) is 0.353. The Morgan fingerprint density at radius 1 is 1.20 bits per heavy atom. The van der Waals surface area contributed by atoms with E-state index in [0.717, 1.165) is 36.9 Å². The summed E-state index contributed by atoms with van der Waals surface area (Å²) in [5.41, 5.74) is 2.31. The normalized spacial score (nSPS) is 12.3. The molecule has 0 saturated heterocycles. The van der Waals surface area contributed by atoms with Gasteiger partial charge in [-0.05, 0) is 35.7 Å². The average molecular weight is 272 g/mol. The predicted molar refractivity (Wildman–Crippen MR) is 79.7 cm³/mol. The van der Waals surface area contributed by atoms with E-state index in [4.69, 9.17) is 0 Å². The van der Waals surface area contributed by atoms with Crippen molar-refractivity contribution in [3.8, 4) is 0 Å². The van der Waals surface area contributed by atoms with Crippen LogP contribution in [0.25, 0.3) is 0 Å². The van der Waals surface area contributed by atoms with Gasteiger partial charge in [0, 0.05) is 25.0 Å². The fourth-order valence-electron chi connectivity index (χ4n) is 2.23. The summed E-state index contributed by atoms with van der Waals surface area (Å²) in [5.74, 6) is -0.185. The Kier molecular flexibility index (Phi) is 5.69. The lowest BCUT2D eigenvalue weighted by Crippen LogP contribution is -2.21. The molecule has 106 valence electrons. The summed E-state index contributed by atoms with van der Waals surface area (Å²) in [4.78, 5) is 4.12. The molecule has 2 aromatic rings. The number of hydrogen-bond donors (Lipinski definition) is 1. The Morgan fingerprint density at radius 2 is 2.00 bits per heavy atom. The van der Waals surface area contributed by atoms with Gasteiger partial charge in [0.15, 0.2) is 0 Å². The second-order valence-electron chi connectivity index (χ2n) is 4.99. The van der Waals surface area contributed by atoms with Crippen LogP contribution in [-0.4, -0.2) is 4.98 Å². The van der Waals surface area contributed by atoms with E-state index >= 15 is 0 Å². The van der Waals surface area contributed by atoms with Gasteiger partial charge in [-0.15, -0.1) is 0 Å². The fourth-order valence-corrected chi connectivity index (χ4v) is 2.23. The van der Waals surface area contributed by atoms with Crippen LogP contribution in [0.3, 0.4) is 0 Å². The van der Waals surface area contributed by atoms with Crippen LogP contribution in [0, 0.1) is 5.82 Å². The average Bonchev–Trinajstić information content (AvgIpc) is 2.50. The molecule has 0 amide bonds. The van der Waals surface area contributed by atoms with E-state index in [2.05, 4.69) is 23.3 Å². The van der Waals surface area contributed by atoms with Crippen molar-refractivity contribution in [1.29, 1.82) is 0 Å². The van der Waals surface area contributed by atoms with Crippen LogP contribution in [0.1, 0.15) is 43.4 Å². The molecule has 0 fully saturated rings. The number of benzene rings is 1. The Hall–Kier alpha value is -1.74. The van der Waals surface area contributed by atoms with Crippen LogP contribution in [0.2, 0.25) is 0 Å². The summed E-state index contributed by atoms with van der Waals surface area (Å²) < 4.78 is 13.0. The summed E-state index contributed by atoms with van der Waals surface area (Å²) in [6.07, 6.45) is 7.02. The molecule has 0 radical (unpaired) electrons. The summed E-state index contributed by atoms with van der Waals surface area (Å²) >= 11 is 0. The van der Waals surface area contributed by atoms with E-state index in [0.29, 0.717) is 0 Å². The SMILES string of the molecule is CCCCC(NCc1cccnc1)c1ccc(F)cc1. The molecule has 0 bridgehead atoms. The van der Waals surface area contributed by atoms with Crippen molar-refractivity contribution in [2.75, 3.05) is 0 Å². The third-order valence-electron chi connectivity index (χ3n) is 3.39. The van der Waals surface area contributed by atoms with Crippen molar-refractivity contribution in [3.63, 3.8) is 0 Å². The first-order chi connectivity index (χ1) is 9.79. The smallest absolute Gasteiger partial charge is 0.123 e. The van der Waals surface area contributed by atoms with Gasteiger partial charge < -0.3 is 5.32 Å². The summed E-state index contributed by atoms with van der Waals surface area (Å²) in [6.45, 7) is 2.96. The second-order valence-corrected chi connectivity index (χ2v) is 4.99. The number of halogens is 1. The number of aromatic nitrogens is 1. The molecule has 0 aliphatic heterocycles. The number of nitrogens with one attached hydrogen (secondary N) is 1. The monoisotopic (exact) mass is 272 g/mol. The lowest BCUT2D eigenvalue weighted by atomic mass is 10.0. The Balaban J connectivity index is 2.01. The van der Waals surface area contributed by atoms with Gasteiger partial charge in [0.05, 0.1) is 0 Å². The molecule has 1 N–H and O–H groups in total. The zero-order chi connectivity index (χ0) is 14.2. The molecule has 2 nitrogen and oxygen atoms in total. The van der Waals surface area contributed by atoms with Gasteiger partial charge in [-0.1, -0.05) is 38.0 Å². The van der Waals surface area contributed by atoms with Crippen molar-refractivity contribution >= 4 is 0 Å². The van der Waals surface area contributed by atoms with Gasteiger partial charge in [0.25, 0.3) is 0 Å². The molecule has 0 aliphatic carbocycles. The Morgan fingerprint density at radius 3 is 2.65 bits per heavy atom. The highest BCUT2D eigenvalue weighted by molar-refractivity contribution is 5.20. The highest BCUT2D eigenvalue weighted by Crippen LogP contribution is 2.20. The zero-order valence-electron chi connectivity index (χ0n) is 11.8. The molecule has 1 aromatic heterocycles. The number of hydrogen-bond acceptors (Lipinski definition) is 2. The maximum absolute atomic E-state index is 13.0. The summed E-state index contributed by atoms with van der Waals surface area (Å²) in [7, 11) is 0. The number of nitrogens with zero attached hydrogens (tertiary/aromatic N) is 1. The van der Waals surface area contributed by atoms with Gasteiger partial charge in [-0.2, -0.15) is 0 Å². The molecule has 0 spiro atoms. The first-order valence-electron chi connectivity index (χ1n) is 7.17. The first kappa shape index (κ1) is 14.7. The highest BCUT2D eigenvalue weighted by Gasteiger charge is 2.10. The molecule has 1 aromatic carbocycles. The second kappa shape index (κ2) is 7.75. The lowest BCUT2D eigenvalue weighted by molar-refractivity contribution is 0.479. The van der Waals surface area contributed by atoms with E-state index < -0.39 is 0 Å². The van der Waals surface area contributed by atoms with E-state index in [-0.39, 0.29) is 11.9 Å². The largest absolute Gasteiger partial charge is 0.306 e. The lowest BCUT2D eigenvalue weighted by Gasteiger charge is -2.19. The van der Waals surface area contributed by atoms with Gasteiger partial charge in [0.1, 0.15) is 5.82 Å². The molecule has 3 heteroatoms. The van der Waals surface area contributed by atoms with E-state index in [9.17, 15) is 4.39 Å². The van der Waals surface area contributed by atoms with Crippen molar-refractivity contribution < 1.29 is 4.39 Å². The topological polar surface area (TPSA) is 24.9 Å². The molecule has 1 unspecified atom stereocenters. The summed E-state index contributed by atoms with van der Waals surface area (Å²) in [5, 5.41) is 3.54. The number of pyridine rings is 1. The van der Waals surface area contributed by atoms with Gasteiger partial charge in [0.2, 0.25) is 0 Å². The molecular formula is C17H21FN2. The molecule has 2 rings (SSSR count). The van der Waals surface area contributed by atoms with Crippen LogP contribution in [-0.2, 0) is 6.54 Å². The third-order valence-corrected chi connectivity index (χ3v) is 3.39. The maximum Gasteiger partial charge on any atom is 0.123 e. The van der Waals surface area contributed by atoms with Crippen LogP contribution >= 0.6 is 0 Å². The summed E-state index contributed by atoms with van der Waals surface area (Å²) in [6, 6.07) is 11.0. The van der Waals surface area contributed by atoms with Crippen molar-refractivity contribution in [2.45, 2.75) is 38.8 Å². The number of unbranched alkanes of at least 4 members (excludes halogenated alkanes) is 1. The first-order valence-corrected chi connectivity index (χ1v) is 7.17. The van der Waals surface area contributed by atoms with Crippen molar-refractivity contribution in [1.82, 2.24) is 10.3 Å². The van der Waals surface area contributed by atoms with Crippen LogP contribution < -0.4 is 5.32 Å². The van der Waals surface area contributed by atoms with Crippen LogP contribution in [0.15, 0.2) is 48.8 Å². The predicted octanol–water partition coefficient (Wildman–Crippen LogP) is 4.24. The maximum atomic E-state index is 13.0. The third kappa shape index (κ3) is 4.42. The standard InChI is InChI=1S/C17H21FN2/c1-2-3-6-17(15-7-9-16(18)10-8-15)20-13-14-5-4-11-19-12-14/h4-5,7-12,17,20H,2-3,6,13H2,1H3. The van der Waals surface area contributed by atoms with Crippen LogP contribution in [0.4, 0.5) is 4.39 Å². The van der Waals surface area contributed by atoms with E-state index in [1.165, 1.54) is 12.1 Å². The van der Waals surface area contributed by atoms with Gasteiger partial charge >= 0.3 is 0 Å². The van der Waals surface area contributed by atoms with Crippen molar-refractivity contribution in [3.05, 3.63) is 65.7 Å². The Labute approximate surface area is 120 Å². The van der Waals surface area contributed by atoms with Crippen LogP contribution in [0.5, 0.6) is 0 Å². The molecule has 0 saturated carbocycles. The molecular weight excluding hydrogens is 251 g/mol. The Bertz CT molecular complexity index is 496. The molecule has 1 atom stereocenters. The van der Waals surface area contributed by atoms with Crippen molar-refractivity contribution in [2.24, 2.45) is 0 Å². The van der Waals surface area contributed by atoms with E-state index in [1.807, 2.05) is 24.4 Å². The molecule has 1 heterocycles. The minimum Gasteiger partial charge on any atom is -0.306 e. The minimum absolute atomic E-state index is 0.185. The molecule has 20 heavy (non-hydrogen) atoms. The van der Waals surface area contributed by atoms with Gasteiger partial charge in [-0.25, -0.2) is 4.39 Å². The zero-order valence-corrected chi connectivity index (χ0v) is 11.8. The quantitative estimate of drug-likeness (QED) is 0.815. The highest BCUT2D eigenvalue weighted by atomic mass is 19.1. The van der Waals surface area contributed by atoms with Gasteiger partial charge in [-0.3, -0.25) is 4.98 Å². The molecule has 0 aliphatic rings. The number of rotatable bonds is 7. The van der Waals surface area contributed by atoms with E-state index in [1.54, 1.807) is 6.20 Å².